The second kappa shape index (κ2) is 6.84. The number of piperidine rings is 1. The molecule has 1 aromatic carbocycles. The highest BCUT2D eigenvalue weighted by molar-refractivity contribution is 5.91. The van der Waals surface area contributed by atoms with Gasteiger partial charge in [-0.15, -0.1) is 0 Å². The number of amides is 1. The van der Waals surface area contributed by atoms with E-state index in [1.807, 2.05) is 12.1 Å². The van der Waals surface area contributed by atoms with Crippen molar-refractivity contribution < 1.29 is 14.1 Å². The van der Waals surface area contributed by atoms with E-state index in [2.05, 4.69) is 12.1 Å². The van der Waals surface area contributed by atoms with Gasteiger partial charge < -0.3 is 15.1 Å². The van der Waals surface area contributed by atoms with Gasteiger partial charge in [-0.05, 0) is 36.0 Å². The second-order valence-corrected chi connectivity index (χ2v) is 5.91. The first-order valence-electron chi connectivity index (χ1n) is 7.91. The average Bonchev–Trinajstić information content (AvgIpc) is 3.12. The number of rotatable bonds is 4. The molecule has 1 saturated heterocycles. The van der Waals surface area contributed by atoms with Crippen molar-refractivity contribution in [3.8, 4) is 0 Å². The number of hydrogen-bond donors (Lipinski definition) is 1. The van der Waals surface area contributed by atoms with Crippen LogP contribution in [-0.4, -0.2) is 28.8 Å². The van der Waals surface area contributed by atoms with E-state index in [1.165, 1.54) is 17.7 Å². The molecular weight excluding hydrogens is 310 g/mol. The third-order valence-electron chi connectivity index (χ3n) is 4.42. The maximum absolute atomic E-state index is 12.4. The number of carbonyl (C=O) groups excluding carboxylic acids is 1. The zero-order valence-corrected chi connectivity index (χ0v) is 13.2. The van der Waals surface area contributed by atoms with Crippen molar-refractivity contribution in [3.05, 3.63) is 63.4 Å². The summed E-state index contributed by atoms with van der Waals surface area (Å²) in [5.41, 5.74) is 8.04. The van der Waals surface area contributed by atoms with Crippen LogP contribution in [0.1, 0.15) is 40.4 Å². The van der Waals surface area contributed by atoms with Gasteiger partial charge in [-0.2, -0.15) is 0 Å². The zero-order valence-electron chi connectivity index (χ0n) is 13.2. The van der Waals surface area contributed by atoms with Crippen LogP contribution >= 0.6 is 0 Å². The Kier molecular flexibility index (Phi) is 4.61. The van der Waals surface area contributed by atoms with Crippen LogP contribution in [0.5, 0.6) is 0 Å². The summed E-state index contributed by atoms with van der Waals surface area (Å²) >= 11 is 0. The summed E-state index contributed by atoms with van der Waals surface area (Å²) in [4.78, 5) is 24.1. The molecule has 1 amide bonds. The molecule has 7 heteroatoms. The van der Waals surface area contributed by atoms with Gasteiger partial charge in [0.25, 0.3) is 5.91 Å². The molecule has 2 aromatic rings. The van der Waals surface area contributed by atoms with Crippen LogP contribution < -0.4 is 5.73 Å². The molecule has 2 heterocycles. The molecule has 0 spiro atoms. The van der Waals surface area contributed by atoms with Crippen LogP contribution in [0.25, 0.3) is 0 Å². The van der Waals surface area contributed by atoms with Gasteiger partial charge in [-0.25, -0.2) is 0 Å². The van der Waals surface area contributed by atoms with Gasteiger partial charge in [-0.3, -0.25) is 14.9 Å². The normalized spacial score (nSPS) is 15.5. The van der Waals surface area contributed by atoms with E-state index in [9.17, 15) is 14.9 Å². The van der Waals surface area contributed by atoms with Gasteiger partial charge in [0, 0.05) is 19.6 Å². The van der Waals surface area contributed by atoms with Gasteiger partial charge in [0.15, 0.2) is 5.76 Å². The molecule has 0 aliphatic carbocycles. The molecule has 24 heavy (non-hydrogen) atoms. The Morgan fingerprint density at radius 1 is 1.29 bits per heavy atom. The molecule has 0 unspecified atom stereocenters. The smallest absolute Gasteiger partial charge is 0.395 e. The van der Waals surface area contributed by atoms with E-state index in [4.69, 9.17) is 10.2 Å². The van der Waals surface area contributed by atoms with E-state index in [-0.39, 0.29) is 11.7 Å². The number of nitrogens with zero attached hydrogens (tertiary/aromatic N) is 2. The maximum atomic E-state index is 12.4. The van der Waals surface area contributed by atoms with Crippen LogP contribution in [-0.2, 0) is 6.54 Å². The summed E-state index contributed by atoms with van der Waals surface area (Å²) in [7, 11) is 0. The minimum absolute atomic E-state index is 0.0188. The van der Waals surface area contributed by atoms with Crippen molar-refractivity contribution in [1.29, 1.82) is 0 Å². The summed E-state index contributed by atoms with van der Waals surface area (Å²) in [5, 5.41) is 10.6. The van der Waals surface area contributed by atoms with Crippen LogP contribution in [0.2, 0.25) is 0 Å². The van der Waals surface area contributed by atoms with Crippen molar-refractivity contribution in [2.45, 2.75) is 25.3 Å². The molecule has 1 aliphatic heterocycles. The number of nitro groups is 1. The van der Waals surface area contributed by atoms with Gasteiger partial charge in [0.2, 0.25) is 0 Å². The topological polar surface area (TPSA) is 103 Å². The molecule has 1 aliphatic rings. The van der Waals surface area contributed by atoms with Crippen molar-refractivity contribution in [2.24, 2.45) is 5.73 Å². The molecule has 7 nitrogen and oxygen atoms in total. The largest absolute Gasteiger partial charge is 0.433 e. The molecule has 2 N–H and O–H groups in total. The van der Waals surface area contributed by atoms with E-state index in [1.54, 1.807) is 4.90 Å². The monoisotopic (exact) mass is 329 g/mol. The molecule has 1 fully saturated rings. The third-order valence-corrected chi connectivity index (χ3v) is 4.42. The number of hydrogen-bond acceptors (Lipinski definition) is 5. The average molecular weight is 329 g/mol. The molecule has 1 aromatic heterocycles. The lowest BCUT2D eigenvalue weighted by Gasteiger charge is -2.31. The number of carbonyl (C=O) groups is 1. The van der Waals surface area contributed by atoms with Crippen molar-refractivity contribution >= 4 is 11.8 Å². The Morgan fingerprint density at radius 3 is 2.67 bits per heavy atom. The Hall–Kier alpha value is -2.67. The minimum atomic E-state index is -0.645. The quantitative estimate of drug-likeness (QED) is 0.686. The number of furan rings is 1. The first-order valence-corrected chi connectivity index (χ1v) is 7.91. The van der Waals surface area contributed by atoms with E-state index in [0.29, 0.717) is 25.6 Å². The summed E-state index contributed by atoms with van der Waals surface area (Å²) in [6.45, 7) is 1.72. The minimum Gasteiger partial charge on any atom is -0.395 e. The molecule has 0 atom stereocenters. The molecule has 0 bridgehead atoms. The second-order valence-electron chi connectivity index (χ2n) is 5.91. The zero-order chi connectivity index (χ0) is 17.1. The molecular formula is C17H19N3O4. The Labute approximate surface area is 139 Å². The highest BCUT2D eigenvalue weighted by atomic mass is 16.6. The fourth-order valence-corrected chi connectivity index (χ4v) is 3.09. The fraction of sp³-hybridized carbons (Fsp3) is 0.353. The lowest BCUT2D eigenvalue weighted by molar-refractivity contribution is -0.402. The molecule has 126 valence electrons. The van der Waals surface area contributed by atoms with Crippen LogP contribution in [0.3, 0.4) is 0 Å². The fourth-order valence-electron chi connectivity index (χ4n) is 3.09. The van der Waals surface area contributed by atoms with Gasteiger partial charge in [0.1, 0.15) is 4.92 Å². The SMILES string of the molecule is NCc1cccc(C2CCN(C(=O)c3ccc([N+](=O)[O-])o3)CC2)c1. The Morgan fingerprint density at radius 2 is 2.04 bits per heavy atom. The Balaban J connectivity index is 1.63. The van der Waals surface area contributed by atoms with Gasteiger partial charge in [0.05, 0.1) is 6.07 Å². The van der Waals surface area contributed by atoms with Gasteiger partial charge >= 0.3 is 5.88 Å². The lowest BCUT2D eigenvalue weighted by Crippen LogP contribution is -2.37. The third kappa shape index (κ3) is 3.30. The number of likely N-dealkylation sites (tertiary alicyclic amines) is 1. The summed E-state index contributed by atoms with van der Waals surface area (Å²) in [6.07, 6.45) is 1.70. The highest BCUT2D eigenvalue weighted by Gasteiger charge is 2.27. The first kappa shape index (κ1) is 16.2. The number of benzene rings is 1. The van der Waals surface area contributed by atoms with E-state index >= 15 is 0 Å². The standard InChI is InChI=1S/C17H19N3O4/c18-11-12-2-1-3-14(10-12)13-6-8-19(9-7-13)17(21)15-4-5-16(24-15)20(22)23/h1-5,10,13H,6-9,11,18H2. The Bertz CT molecular complexity index is 748. The van der Waals surface area contributed by atoms with E-state index < -0.39 is 10.8 Å². The first-order chi connectivity index (χ1) is 11.6. The van der Waals surface area contributed by atoms with Crippen LogP contribution in [0.15, 0.2) is 40.8 Å². The molecule has 0 saturated carbocycles. The summed E-state index contributed by atoms with van der Waals surface area (Å²) in [5.74, 6) is -0.291. The lowest BCUT2D eigenvalue weighted by atomic mass is 9.88. The summed E-state index contributed by atoms with van der Waals surface area (Å²) < 4.78 is 5.00. The van der Waals surface area contributed by atoms with Crippen LogP contribution in [0, 0.1) is 10.1 Å². The van der Waals surface area contributed by atoms with Crippen molar-refractivity contribution in [3.63, 3.8) is 0 Å². The van der Waals surface area contributed by atoms with E-state index in [0.717, 1.165) is 18.4 Å². The highest BCUT2D eigenvalue weighted by Crippen LogP contribution is 2.29. The van der Waals surface area contributed by atoms with Gasteiger partial charge in [-0.1, -0.05) is 24.3 Å². The number of nitrogens with two attached hydrogens (primary N) is 1. The molecule has 3 rings (SSSR count). The maximum Gasteiger partial charge on any atom is 0.433 e. The predicted molar refractivity (Wildman–Crippen MR) is 87.6 cm³/mol. The van der Waals surface area contributed by atoms with Crippen molar-refractivity contribution in [2.75, 3.05) is 13.1 Å². The van der Waals surface area contributed by atoms with Crippen LogP contribution in [0.4, 0.5) is 5.88 Å². The summed E-state index contributed by atoms with van der Waals surface area (Å²) in [6, 6.07) is 10.8. The van der Waals surface area contributed by atoms with Crippen molar-refractivity contribution in [1.82, 2.24) is 4.90 Å². The predicted octanol–water partition coefficient (Wildman–Crippen LogP) is 2.67. The molecule has 0 radical (unpaired) electrons.